The molecule has 2 amide bonds. The molecule has 0 aliphatic carbocycles. The summed E-state index contributed by atoms with van der Waals surface area (Å²) >= 11 is 0. The second kappa shape index (κ2) is 12.5. The van der Waals surface area contributed by atoms with Gasteiger partial charge in [0.25, 0.3) is 0 Å². The monoisotopic (exact) mass is 546 g/mol. The van der Waals surface area contributed by atoms with Crippen LogP contribution in [0, 0.1) is 0 Å². The van der Waals surface area contributed by atoms with Gasteiger partial charge in [-0.3, -0.25) is 9.69 Å². The van der Waals surface area contributed by atoms with E-state index in [9.17, 15) is 9.59 Å². The quantitative estimate of drug-likeness (QED) is 0.411. The molecule has 210 valence electrons. The standard InChI is InChI=1S/C29H34N6O5/c1-38-27-18-25(31-28(32-27)39-2)34-16-14-33(15-17-34)22-9-11-23(12-10-22)35-20-24(40-29(35)37)19-30-26(36)13-8-21-6-4-3-5-7-21/h3-7,9-12,18,24H,8,13-17,19-20H2,1-2H3,(H,30,36). The SMILES string of the molecule is COc1cc(N2CCN(c3ccc(N4CC(CNC(=O)CCc5ccccc5)OC4=O)cc3)CC2)nc(OC)n1. The van der Waals surface area contributed by atoms with E-state index in [0.717, 1.165) is 48.9 Å². The molecule has 3 aromatic rings. The van der Waals surface area contributed by atoms with Crippen molar-refractivity contribution in [1.82, 2.24) is 15.3 Å². The topological polar surface area (TPSA) is 109 Å². The molecule has 1 aromatic heterocycles. The minimum Gasteiger partial charge on any atom is -0.481 e. The lowest BCUT2D eigenvalue weighted by Gasteiger charge is -2.36. The molecule has 11 heteroatoms. The number of anilines is 3. The van der Waals surface area contributed by atoms with Gasteiger partial charge in [0, 0.05) is 50.0 Å². The molecule has 2 aliphatic rings. The maximum absolute atomic E-state index is 12.5. The van der Waals surface area contributed by atoms with Gasteiger partial charge in [-0.05, 0) is 36.2 Å². The summed E-state index contributed by atoms with van der Waals surface area (Å²) in [6, 6.07) is 19.9. The van der Waals surface area contributed by atoms with Gasteiger partial charge >= 0.3 is 12.1 Å². The number of aryl methyl sites for hydroxylation is 1. The van der Waals surface area contributed by atoms with Crippen LogP contribution in [0.5, 0.6) is 11.9 Å². The minimum absolute atomic E-state index is 0.0548. The van der Waals surface area contributed by atoms with Crippen LogP contribution in [0.25, 0.3) is 0 Å². The maximum atomic E-state index is 12.5. The van der Waals surface area contributed by atoms with Crippen LogP contribution >= 0.6 is 0 Å². The highest BCUT2D eigenvalue weighted by Gasteiger charge is 2.32. The van der Waals surface area contributed by atoms with Gasteiger partial charge in [0.05, 0.1) is 27.3 Å². The van der Waals surface area contributed by atoms with E-state index >= 15 is 0 Å². The number of amides is 2. The summed E-state index contributed by atoms with van der Waals surface area (Å²) in [6.45, 7) is 3.87. The van der Waals surface area contributed by atoms with Gasteiger partial charge < -0.3 is 29.3 Å². The smallest absolute Gasteiger partial charge is 0.414 e. The normalized spacial score (nSPS) is 17.0. The summed E-state index contributed by atoms with van der Waals surface area (Å²) in [5.41, 5.74) is 2.97. The lowest BCUT2D eigenvalue weighted by molar-refractivity contribution is -0.121. The van der Waals surface area contributed by atoms with Crippen molar-refractivity contribution in [2.75, 3.05) is 68.2 Å². The largest absolute Gasteiger partial charge is 0.481 e. The summed E-state index contributed by atoms with van der Waals surface area (Å²) in [7, 11) is 3.11. The van der Waals surface area contributed by atoms with Crippen LogP contribution in [-0.2, 0) is 16.0 Å². The number of nitrogens with one attached hydrogen (secondary N) is 1. The zero-order valence-corrected chi connectivity index (χ0v) is 22.8. The zero-order valence-electron chi connectivity index (χ0n) is 22.8. The molecule has 2 saturated heterocycles. The molecule has 5 rings (SSSR count). The summed E-state index contributed by atoms with van der Waals surface area (Å²) in [6.07, 6.45) is 0.279. The van der Waals surface area contributed by atoms with Gasteiger partial charge in [-0.2, -0.15) is 9.97 Å². The van der Waals surface area contributed by atoms with E-state index in [1.54, 1.807) is 12.0 Å². The molecule has 1 N–H and O–H groups in total. The van der Waals surface area contributed by atoms with Gasteiger partial charge in [-0.25, -0.2) is 4.79 Å². The number of ether oxygens (including phenoxy) is 3. The van der Waals surface area contributed by atoms with Crippen LogP contribution in [0.15, 0.2) is 60.7 Å². The lowest BCUT2D eigenvalue weighted by Crippen LogP contribution is -2.46. The van der Waals surface area contributed by atoms with E-state index in [2.05, 4.69) is 25.1 Å². The number of nitrogens with zero attached hydrogens (tertiary/aromatic N) is 5. The first kappa shape index (κ1) is 27.0. The van der Waals surface area contributed by atoms with E-state index in [0.29, 0.717) is 31.8 Å². The zero-order chi connectivity index (χ0) is 27.9. The van der Waals surface area contributed by atoms with Gasteiger partial charge in [0.1, 0.15) is 11.9 Å². The predicted octanol–water partition coefficient (Wildman–Crippen LogP) is 2.89. The fraction of sp³-hybridized carbons (Fsp3) is 0.379. The van der Waals surface area contributed by atoms with E-state index in [-0.39, 0.29) is 18.0 Å². The number of cyclic esters (lactones) is 1. The first-order valence-corrected chi connectivity index (χ1v) is 13.4. The molecule has 0 bridgehead atoms. The van der Waals surface area contributed by atoms with E-state index < -0.39 is 6.09 Å². The van der Waals surface area contributed by atoms with Crippen molar-refractivity contribution in [2.24, 2.45) is 0 Å². The molecule has 0 spiro atoms. The number of hydrogen-bond acceptors (Lipinski definition) is 9. The van der Waals surface area contributed by atoms with Crippen LogP contribution in [0.4, 0.5) is 22.0 Å². The fourth-order valence-electron chi connectivity index (χ4n) is 4.84. The van der Waals surface area contributed by atoms with Crippen molar-refractivity contribution in [2.45, 2.75) is 18.9 Å². The summed E-state index contributed by atoms with van der Waals surface area (Å²) in [5.74, 6) is 1.18. The first-order valence-electron chi connectivity index (χ1n) is 13.4. The average molecular weight is 547 g/mol. The number of benzene rings is 2. The molecule has 2 fully saturated rings. The van der Waals surface area contributed by atoms with E-state index in [4.69, 9.17) is 14.2 Å². The third-order valence-corrected chi connectivity index (χ3v) is 7.08. The molecule has 1 unspecified atom stereocenters. The highest BCUT2D eigenvalue weighted by molar-refractivity contribution is 5.90. The Bertz CT molecular complexity index is 1280. The molecular formula is C29H34N6O5. The van der Waals surface area contributed by atoms with Crippen molar-refractivity contribution in [1.29, 1.82) is 0 Å². The van der Waals surface area contributed by atoms with E-state index in [1.165, 1.54) is 7.11 Å². The number of carbonyl (C=O) groups is 2. The van der Waals surface area contributed by atoms with Gasteiger partial charge in [-0.15, -0.1) is 0 Å². The second-order valence-corrected chi connectivity index (χ2v) is 9.65. The number of carbonyl (C=O) groups excluding carboxylic acids is 2. The van der Waals surface area contributed by atoms with Gasteiger partial charge in [0.2, 0.25) is 11.8 Å². The minimum atomic E-state index is -0.402. The van der Waals surface area contributed by atoms with Crippen molar-refractivity contribution in [3.05, 3.63) is 66.2 Å². The third kappa shape index (κ3) is 6.53. The Kier molecular flexibility index (Phi) is 8.48. The average Bonchev–Trinajstić information content (AvgIpc) is 3.39. The van der Waals surface area contributed by atoms with Crippen LogP contribution in [0.3, 0.4) is 0 Å². The number of methoxy groups -OCH3 is 2. The molecule has 0 radical (unpaired) electrons. The molecule has 0 saturated carbocycles. The Morgan fingerprint density at radius 1 is 0.950 bits per heavy atom. The number of piperazine rings is 1. The summed E-state index contributed by atoms with van der Waals surface area (Å²) < 4.78 is 16.0. The molecule has 2 aliphatic heterocycles. The molecule has 3 heterocycles. The van der Waals surface area contributed by atoms with Crippen LogP contribution < -0.4 is 29.5 Å². The maximum Gasteiger partial charge on any atom is 0.414 e. The van der Waals surface area contributed by atoms with Crippen LogP contribution in [0.1, 0.15) is 12.0 Å². The van der Waals surface area contributed by atoms with Crippen LogP contribution in [-0.4, -0.2) is 81.6 Å². The lowest BCUT2D eigenvalue weighted by atomic mass is 10.1. The van der Waals surface area contributed by atoms with Crippen molar-refractivity contribution in [3.8, 4) is 11.9 Å². The molecule has 2 aromatic carbocycles. The summed E-state index contributed by atoms with van der Waals surface area (Å²) in [4.78, 5) is 39.5. The van der Waals surface area contributed by atoms with E-state index in [1.807, 2.05) is 60.7 Å². The Morgan fingerprint density at radius 2 is 1.65 bits per heavy atom. The predicted molar refractivity (Wildman–Crippen MR) is 151 cm³/mol. The Hall–Kier alpha value is -4.54. The van der Waals surface area contributed by atoms with Crippen molar-refractivity contribution in [3.63, 3.8) is 0 Å². The number of hydrogen-bond donors (Lipinski definition) is 1. The highest BCUT2D eigenvalue weighted by Crippen LogP contribution is 2.27. The first-order chi connectivity index (χ1) is 19.5. The van der Waals surface area contributed by atoms with Gasteiger partial charge in [0.15, 0.2) is 0 Å². The Balaban J connectivity index is 1.10. The molecule has 11 nitrogen and oxygen atoms in total. The number of rotatable bonds is 10. The highest BCUT2D eigenvalue weighted by atomic mass is 16.6. The summed E-state index contributed by atoms with van der Waals surface area (Å²) in [5, 5.41) is 2.89. The molecule has 1 atom stereocenters. The van der Waals surface area contributed by atoms with Crippen molar-refractivity contribution < 1.29 is 23.8 Å². The number of aromatic nitrogens is 2. The molecule has 40 heavy (non-hydrogen) atoms. The Morgan fingerprint density at radius 3 is 2.35 bits per heavy atom. The molecular weight excluding hydrogens is 512 g/mol. The van der Waals surface area contributed by atoms with Crippen molar-refractivity contribution >= 4 is 29.2 Å². The fourth-order valence-corrected chi connectivity index (χ4v) is 4.84. The second-order valence-electron chi connectivity index (χ2n) is 9.65. The Labute approximate surface area is 233 Å². The third-order valence-electron chi connectivity index (χ3n) is 7.08. The van der Waals surface area contributed by atoms with Gasteiger partial charge in [-0.1, -0.05) is 30.3 Å². The van der Waals surface area contributed by atoms with Crippen LogP contribution in [0.2, 0.25) is 0 Å².